The molecule has 3 rings (SSSR count). The van der Waals surface area contributed by atoms with Crippen molar-refractivity contribution in [3.8, 4) is 18.1 Å². The maximum absolute atomic E-state index is 12.8. The van der Waals surface area contributed by atoms with E-state index in [9.17, 15) is 14.4 Å². The number of barbiturate groups is 1. The molecule has 1 saturated heterocycles. The van der Waals surface area contributed by atoms with E-state index < -0.39 is 17.8 Å². The number of ether oxygens (including phenoxy) is 1. The number of anilines is 1. The van der Waals surface area contributed by atoms with Gasteiger partial charge in [0.05, 0.1) is 10.2 Å². The topological polar surface area (TPSA) is 75.7 Å². The zero-order valence-electron chi connectivity index (χ0n) is 14.2. The molecular formula is C20H12BrClN2O4. The van der Waals surface area contributed by atoms with Crippen LogP contribution in [0.5, 0.6) is 5.75 Å². The van der Waals surface area contributed by atoms with Gasteiger partial charge in [-0.25, -0.2) is 9.69 Å². The van der Waals surface area contributed by atoms with E-state index in [0.717, 1.165) is 4.90 Å². The Labute approximate surface area is 174 Å². The number of imide groups is 2. The molecule has 28 heavy (non-hydrogen) atoms. The van der Waals surface area contributed by atoms with E-state index in [1.165, 1.54) is 18.2 Å². The van der Waals surface area contributed by atoms with Gasteiger partial charge in [-0.2, -0.15) is 0 Å². The van der Waals surface area contributed by atoms with Crippen LogP contribution in [0.25, 0.3) is 6.08 Å². The van der Waals surface area contributed by atoms with Crippen LogP contribution >= 0.6 is 27.5 Å². The van der Waals surface area contributed by atoms with E-state index in [4.69, 9.17) is 22.8 Å². The minimum absolute atomic E-state index is 0.109. The van der Waals surface area contributed by atoms with Crippen molar-refractivity contribution in [2.24, 2.45) is 0 Å². The fourth-order valence-electron chi connectivity index (χ4n) is 2.49. The van der Waals surface area contributed by atoms with Crippen molar-refractivity contribution >= 4 is 57.1 Å². The second-order valence-corrected chi connectivity index (χ2v) is 6.91. The average Bonchev–Trinajstić information content (AvgIpc) is 2.66. The van der Waals surface area contributed by atoms with E-state index >= 15 is 0 Å². The molecular weight excluding hydrogens is 448 g/mol. The van der Waals surface area contributed by atoms with Gasteiger partial charge in [-0.15, -0.1) is 6.42 Å². The van der Waals surface area contributed by atoms with Gasteiger partial charge < -0.3 is 4.74 Å². The van der Waals surface area contributed by atoms with Crippen LogP contribution in [-0.4, -0.2) is 24.5 Å². The Bertz CT molecular complexity index is 1040. The van der Waals surface area contributed by atoms with Gasteiger partial charge in [0.15, 0.2) is 0 Å². The van der Waals surface area contributed by atoms with Crippen LogP contribution in [0.4, 0.5) is 10.5 Å². The third-order valence-electron chi connectivity index (χ3n) is 3.76. The molecule has 1 N–H and O–H groups in total. The van der Waals surface area contributed by atoms with Gasteiger partial charge >= 0.3 is 6.03 Å². The van der Waals surface area contributed by atoms with Crippen LogP contribution in [0.3, 0.4) is 0 Å². The fourth-order valence-corrected chi connectivity index (χ4v) is 3.13. The van der Waals surface area contributed by atoms with E-state index in [2.05, 4.69) is 27.2 Å². The molecule has 2 aromatic rings. The number of amides is 4. The Kier molecular flexibility index (Phi) is 5.83. The lowest BCUT2D eigenvalue weighted by Gasteiger charge is -2.26. The first kappa shape index (κ1) is 19.7. The van der Waals surface area contributed by atoms with Gasteiger partial charge in [-0.3, -0.25) is 14.9 Å². The Morgan fingerprint density at radius 2 is 1.89 bits per heavy atom. The molecule has 0 bridgehead atoms. The number of nitrogens with one attached hydrogen (secondary N) is 1. The zero-order valence-corrected chi connectivity index (χ0v) is 16.6. The highest BCUT2D eigenvalue weighted by Gasteiger charge is 2.36. The Hall–Kier alpha value is -3.08. The standard InChI is InChI=1S/C20H12BrClN2O4/c1-2-9-28-17-8-3-12(11-16(17)21)10-15-18(25)23-20(27)24(19(15)26)14-6-4-13(22)5-7-14/h1,3-8,10-11H,9H2,(H,23,25,27)/b15-10+. The number of hydrogen-bond donors (Lipinski definition) is 1. The summed E-state index contributed by atoms with van der Waals surface area (Å²) in [6, 6.07) is 10.3. The highest BCUT2D eigenvalue weighted by molar-refractivity contribution is 9.10. The van der Waals surface area contributed by atoms with Crippen LogP contribution < -0.4 is 15.0 Å². The summed E-state index contributed by atoms with van der Waals surface area (Å²) < 4.78 is 5.96. The van der Waals surface area contributed by atoms with Gasteiger partial charge in [0.2, 0.25) is 0 Å². The first-order chi connectivity index (χ1) is 13.4. The second kappa shape index (κ2) is 8.30. The zero-order chi connectivity index (χ0) is 20.3. The van der Waals surface area contributed by atoms with Gasteiger partial charge in [0.1, 0.15) is 17.9 Å². The van der Waals surface area contributed by atoms with E-state index in [-0.39, 0.29) is 12.2 Å². The molecule has 0 aromatic heterocycles. The maximum Gasteiger partial charge on any atom is 0.335 e. The summed E-state index contributed by atoms with van der Waals surface area (Å²) in [6.45, 7) is 0.109. The molecule has 0 unspecified atom stereocenters. The number of rotatable bonds is 4. The fraction of sp³-hybridized carbons (Fsp3) is 0.0500. The van der Waals surface area contributed by atoms with Crippen LogP contribution in [0.15, 0.2) is 52.5 Å². The third kappa shape index (κ3) is 4.09. The number of terminal acetylenes is 1. The summed E-state index contributed by atoms with van der Waals surface area (Å²) in [5.41, 5.74) is 0.673. The van der Waals surface area contributed by atoms with Gasteiger partial charge in [-0.05, 0) is 64.0 Å². The summed E-state index contributed by atoms with van der Waals surface area (Å²) in [5, 5.41) is 2.62. The second-order valence-electron chi connectivity index (χ2n) is 5.62. The van der Waals surface area contributed by atoms with Crippen molar-refractivity contribution in [1.29, 1.82) is 0 Å². The Morgan fingerprint density at radius 1 is 1.18 bits per heavy atom. The molecule has 4 amide bonds. The lowest BCUT2D eigenvalue weighted by Crippen LogP contribution is -2.54. The molecule has 1 aliphatic rings. The van der Waals surface area contributed by atoms with E-state index in [1.807, 2.05) is 0 Å². The monoisotopic (exact) mass is 458 g/mol. The molecule has 8 heteroatoms. The normalized spacial score (nSPS) is 15.4. The summed E-state index contributed by atoms with van der Waals surface area (Å²) in [6.07, 6.45) is 6.56. The number of hydrogen-bond acceptors (Lipinski definition) is 4. The first-order valence-electron chi connectivity index (χ1n) is 7.93. The first-order valence-corrected chi connectivity index (χ1v) is 9.10. The van der Waals surface area contributed by atoms with Crippen LogP contribution in [0.1, 0.15) is 5.56 Å². The molecule has 0 saturated carbocycles. The minimum Gasteiger partial charge on any atom is -0.480 e. The van der Waals surface area contributed by atoms with Crippen molar-refractivity contribution in [1.82, 2.24) is 5.32 Å². The summed E-state index contributed by atoms with van der Waals surface area (Å²) in [4.78, 5) is 38.1. The number of carbonyl (C=O) groups is 3. The third-order valence-corrected chi connectivity index (χ3v) is 4.64. The molecule has 0 atom stereocenters. The molecule has 0 aliphatic carbocycles. The van der Waals surface area contributed by atoms with Crippen LogP contribution in [0, 0.1) is 12.3 Å². The SMILES string of the molecule is C#CCOc1ccc(/C=C2\C(=O)NC(=O)N(c3ccc(Cl)cc3)C2=O)cc1Br. The van der Waals surface area contributed by atoms with Crippen molar-refractivity contribution < 1.29 is 19.1 Å². The van der Waals surface area contributed by atoms with Crippen molar-refractivity contribution in [2.45, 2.75) is 0 Å². The van der Waals surface area contributed by atoms with Crippen LogP contribution in [-0.2, 0) is 9.59 Å². The number of benzene rings is 2. The predicted molar refractivity (Wildman–Crippen MR) is 109 cm³/mol. The Balaban J connectivity index is 1.94. The highest BCUT2D eigenvalue weighted by Crippen LogP contribution is 2.28. The number of halogens is 2. The van der Waals surface area contributed by atoms with E-state index in [0.29, 0.717) is 26.5 Å². The lowest BCUT2D eigenvalue weighted by atomic mass is 10.1. The molecule has 1 heterocycles. The molecule has 0 spiro atoms. The van der Waals surface area contributed by atoms with Gasteiger partial charge in [0.25, 0.3) is 11.8 Å². The highest BCUT2D eigenvalue weighted by atomic mass is 79.9. The van der Waals surface area contributed by atoms with E-state index in [1.54, 1.807) is 30.3 Å². The van der Waals surface area contributed by atoms with Gasteiger partial charge in [-0.1, -0.05) is 23.6 Å². The summed E-state index contributed by atoms with van der Waals surface area (Å²) in [7, 11) is 0. The molecule has 1 aliphatic heterocycles. The molecule has 0 radical (unpaired) electrons. The Morgan fingerprint density at radius 3 is 2.54 bits per heavy atom. The predicted octanol–water partition coefficient (Wildman–Crippen LogP) is 3.78. The molecule has 2 aromatic carbocycles. The number of nitrogens with zero attached hydrogens (tertiary/aromatic N) is 1. The summed E-state index contributed by atoms with van der Waals surface area (Å²) in [5.74, 6) is 1.38. The van der Waals surface area contributed by atoms with Crippen LogP contribution in [0.2, 0.25) is 5.02 Å². The number of carbonyl (C=O) groups excluding carboxylic acids is 3. The smallest absolute Gasteiger partial charge is 0.335 e. The largest absolute Gasteiger partial charge is 0.480 e. The average molecular weight is 460 g/mol. The van der Waals surface area contributed by atoms with Crippen molar-refractivity contribution in [3.05, 3.63) is 63.1 Å². The minimum atomic E-state index is -0.825. The van der Waals surface area contributed by atoms with Crippen molar-refractivity contribution in [3.63, 3.8) is 0 Å². The molecule has 1 fully saturated rings. The summed E-state index contributed by atoms with van der Waals surface area (Å²) >= 11 is 9.20. The lowest BCUT2D eigenvalue weighted by molar-refractivity contribution is -0.122. The molecule has 6 nitrogen and oxygen atoms in total. The quantitative estimate of drug-likeness (QED) is 0.429. The number of urea groups is 1. The van der Waals surface area contributed by atoms with Crippen molar-refractivity contribution in [2.75, 3.05) is 11.5 Å². The van der Waals surface area contributed by atoms with Gasteiger partial charge in [0, 0.05) is 5.02 Å². The maximum atomic E-state index is 12.8. The molecule has 140 valence electrons.